The average molecular weight is 390 g/mol. The SMILES string of the molecule is CSN1CCC(Nc2cc3c(-c4ccc5cc[nH]c5c4)nccc3cn2)CC1. The van der Waals surface area contributed by atoms with Gasteiger partial charge in [0, 0.05) is 59.6 Å². The molecule has 28 heavy (non-hydrogen) atoms. The Labute approximate surface area is 168 Å². The van der Waals surface area contributed by atoms with E-state index in [1.54, 1.807) is 0 Å². The Morgan fingerprint density at radius 2 is 1.96 bits per heavy atom. The van der Waals surface area contributed by atoms with E-state index < -0.39 is 0 Å². The number of rotatable bonds is 4. The number of hydrogen-bond donors (Lipinski definition) is 2. The molecule has 1 saturated heterocycles. The molecule has 5 nitrogen and oxygen atoms in total. The van der Waals surface area contributed by atoms with E-state index in [-0.39, 0.29) is 0 Å². The van der Waals surface area contributed by atoms with Crippen molar-refractivity contribution in [3.05, 3.63) is 55.0 Å². The van der Waals surface area contributed by atoms with Gasteiger partial charge in [-0.3, -0.25) is 9.29 Å². The smallest absolute Gasteiger partial charge is 0.126 e. The van der Waals surface area contributed by atoms with Gasteiger partial charge in [0.15, 0.2) is 0 Å². The zero-order valence-corrected chi connectivity index (χ0v) is 16.7. The third kappa shape index (κ3) is 3.34. The summed E-state index contributed by atoms with van der Waals surface area (Å²) in [7, 11) is 0. The second-order valence-corrected chi connectivity index (χ2v) is 8.14. The number of pyridine rings is 2. The molecule has 4 heterocycles. The van der Waals surface area contributed by atoms with E-state index >= 15 is 0 Å². The van der Waals surface area contributed by atoms with Crippen molar-refractivity contribution in [1.29, 1.82) is 0 Å². The van der Waals surface area contributed by atoms with E-state index in [2.05, 4.69) is 56.2 Å². The van der Waals surface area contributed by atoms with Crippen molar-refractivity contribution < 1.29 is 0 Å². The molecular formula is C22H23N5S. The number of piperidine rings is 1. The summed E-state index contributed by atoms with van der Waals surface area (Å²) >= 11 is 1.84. The number of nitrogens with zero attached hydrogens (tertiary/aromatic N) is 3. The second kappa shape index (κ2) is 7.45. The van der Waals surface area contributed by atoms with Crippen LogP contribution in [0.1, 0.15) is 12.8 Å². The lowest BCUT2D eigenvalue weighted by Crippen LogP contribution is -2.35. The normalized spacial score (nSPS) is 16.0. The van der Waals surface area contributed by atoms with Crippen molar-refractivity contribution in [2.45, 2.75) is 18.9 Å². The summed E-state index contributed by atoms with van der Waals surface area (Å²) < 4.78 is 2.42. The molecule has 0 aliphatic carbocycles. The Morgan fingerprint density at radius 3 is 2.82 bits per heavy atom. The summed E-state index contributed by atoms with van der Waals surface area (Å²) in [5, 5.41) is 7.10. The van der Waals surface area contributed by atoms with E-state index in [0.29, 0.717) is 6.04 Å². The number of anilines is 1. The van der Waals surface area contributed by atoms with E-state index in [0.717, 1.165) is 59.3 Å². The molecule has 1 fully saturated rings. The summed E-state index contributed by atoms with van der Waals surface area (Å²) in [6.45, 7) is 2.24. The second-order valence-electron chi connectivity index (χ2n) is 7.26. The molecule has 0 amide bonds. The molecule has 3 aromatic heterocycles. The minimum absolute atomic E-state index is 0.476. The first-order chi connectivity index (χ1) is 13.8. The van der Waals surface area contributed by atoms with Crippen LogP contribution >= 0.6 is 11.9 Å². The lowest BCUT2D eigenvalue weighted by Gasteiger charge is -2.30. The first-order valence-electron chi connectivity index (χ1n) is 9.68. The van der Waals surface area contributed by atoms with Gasteiger partial charge < -0.3 is 10.3 Å². The van der Waals surface area contributed by atoms with Gasteiger partial charge in [0.25, 0.3) is 0 Å². The Balaban J connectivity index is 1.47. The van der Waals surface area contributed by atoms with Gasteiger partial charge in [0.05, 0.1) is 5.69 Å². The van der Waals surface area contributed by atoms with Gasteiger partial charge >= 0.3 is 0 Å². The predicted molar refractivity (Wildman–Crippen MR) is 119 cm³/mol. The molecule has 0 bridgehead atoms. The van der Waals surface area contributed by atoms with Crippen molar-refractivity contribution in [3.8, 4) is 11.3 Å². The topological polar surface area (TPSA) is 56.8 Å². The van der Waals surface area contributed by atoms with Crippen LogP contribution in [0.25, 0.3) is 32.9 Å². The van der Waals surface area contributed by atoms with E-state index in [9.17, 15) is 0 Å². The molecule has 0 spiro atoms. The number of hydrogen-bond acceptors (Lipinski definition) is 5. The first kappa shape index (κ1) is 17.5. The largest absolute Gasteiger partial charge is 0.367 e. The molecule has 0 unspecified atom stereocenters. The third-order valence-electron chi connectivity index (χ3n) is 5.54. The van der Waals surface area contributed by atoms with Crippen molar-refractivity contribution in [1.82, 2.24) is 19.3 Å². The van der Waals surface area contributed by atoms with Crippen LogP contribution in [0.5, 0.6) is 0 Å². The van der Waals surface area contributed by atoms with Crippen LogP contribution in [0.3, 0.4) is 0 Å². The third-order valence-corrected chi connectivity index (χ3v) is 6.42. The minimum Gasteiger partial charge on any atom is -0.367 e. The fourth-order valence-corrected chi connectivity index (χ4v) is 4.54. The zero-order valence-electron chi connectivity index (χ0n) is 15.9. The molecule has 1 aliphatic rings. The Hall–Kier alpha value is -2.57. The molecule has 1 aliphatic heterocycles. The molecular weight excluding hydrogens is 366 g/mol. The Kier molecular flexibility index (Phi) is 4.66. The first-order valence-corrected chi connectivity index (χ1v) is 10.9. The molecule has 2 N–H and O–H groups in total. The molecule has 0 saturated carbocycles. The number of aromatic amines is 1. The summed E-state index contributed by atoms with van der Waals surface area (Å²) in [4.78, 5) is 12.6. The fourth-order valence-electron chi connectivity index (χ4n) is 3.96. The van der Waals surface area contributed by atoms with Crippen molar-refractivity contribution in [3.63, 3.8) is 0 Å². The van der Waals surface area contributed by atoms with Gasteiger partial charge in [-0.1, -0.05) is 24.1 Å². The van der Waals surface area contributed by atoms with Crippen molar-refractivity contribution in [2.75, 3.05) is 24.7 Å². The number of nitrogens with one attached hydrogen (secondary N) is 2. The lowest BCUT2D eigenvalue weighted by molar-refractivity contribution is 0.359. The standard InChI is InChI=1S/C22H23N5S/c1-28-27-10-6-18(7-11-27)26-21-13-19-17(14-25-21)5-9-24-22(19)16-3-2-15-4-8-23-20(15)12-16/h2-5,8-9,12-14,18,23H,6-7,10-11H2,1H3,(H,25,26). The Bertz CT molecular complexity index is 1110. The van der Waals surface area contributed by atoms with Crippen LogP contribution in [-0.4, -0.2) is 44.6 Å². The van der Waals surface area contributed by atoms with Gasteiger partial charge in [-0.2, -0.15) is 0 Å². The van der Waals surface area contributed by atoms with Crippen LogP contribution in [0.15, 0.2) is 55.0 Å². The summed E-state index contributed by atoms with van der Waals surface area (Å²) in [6, 6.07) is 13.2. The van der Waals surface area contributed by atoms with Crippen LogP contribution in [0, 0.1) is 0 Å². The fraction of sp³-hybridized carbons (Fsp3) is 0.273. The summed E-state index contributed by atoms with van der Waals surface area (Å²) in [5.74, 6) is 0.935. The van der Waals surface area contributed by atoms with E-state index in [1.807, 2.05) is 36.6 Å². The maximum Gasteiger partial charge on any atom is 0.126 e. The molecule has 0 radical (unpaired) electrons. The number of fused-ring (bicyclic) bond motifs is 2. The van der Waals surface area contributed by atoms with Gasteiger partial charge in [-0.15, -0.1) is 0 Å². The van der Waals surface area contributed by atoms with E-state index in [1.165, 1.54) is 5.39 Å². The number of aromatic nitrogens is 3. The minimum atomic E-state index is 0.476. The molecule has 6 heteroatoms. The quantitative estimate of drug-likeness (QED) is 0.485. The van der Waals surface area contributed by atoms with Crippen molar-refractivity contribution in [2.24, 2.45) is 0 Å². The van der Waals surface area contributed by atoms with Crippen LogP contribution in [0.4, 0.5) is 5.82 Å². The Morgan fingerprint density at radius 1 is 1.07 bits per heavy atom. The monoisotopic (exact) mass is 389 g/mol. The molecule has 5 rings (SSSR count). The molecule has 4 aromatic rings. The lowest BCUT2D eigenvalue weighted by atomic mass is 10.0. The van der Waals surface area contributed by atoms with Gasteiger partial charge in [-0.25, -0.2) is 4.98 Å². The van der Waals surface area contributed by atoms with Crippen LogP contribution in [0.2, 0.25) is 0 Å². The van der Waals surface area contributed by atoms with Gasteiger partial charge in [0.2, 0.25) is 0 Å². The zero-order chi connectivity index (χ0) is 18.9. The highest BCUT2D eigenvalue weighted by Gasteiger charge is 2.19. The molecule has 0 atom stereocenters. The van der Waals surface area contributed by atoms with Gasteiger partial charge in [0.1, 0.15) is 5.82 Å². The highest BCUT2D eigenvalue weighted by Crippen LogP contribution is 2.30. The maximum atomic E-state index is 4.70. The number of benzene rings is 1. The van der Waals surface area contributed by atoms with Crippen LogP contribution in [-0.2, 0) is 0 Å². The maximum absolute atomic E-state index is 4.70. The summed E-state index contributed by atoms with van der Waals surface area (Å²) in [6.07, 6.45) is 10.2. The predicted octanol–water partition coefficient (Wildman–Crippen LogP) is 4.93. The average Bonchev–Trinajstić information content (AvgIpc) is 3.22. The van der Waals surface area contributed by atoms with Gasteiger partial charge in [-0.05, 0) is 48.7 Å². The number of H-pyrrole nitrogens is 1. The summed E-state index contributed by atoms with van der Waals surface area (Å²) in [5.41, 5.74) is 3.24. The highest BCUT2D eigenvalue weighted by molar-refractivity contribution is 7.96. The van der Waals surface area contributed by atoms with E-state index in [4.69, 9.17) is 4.98 Å². The molecule has 142 valence electrons. The molecule has 1 aromatic carbocycles. The van der Waals surface area contributed by atoms with Crippen LogP contribution < -0.4 is 5.32 Å². The highest BCUT2D eigenvalue weighted by atomic mass is 32.2. The van der Waals surface area contributed by atoms with Crippen molar-refractivity contribution >= 4 is 39.4 Å².